The van der Waals surface area contributed by atoms with E-state index in [-0.39, 0.29) is 0 Å². The fourth-order valence-corrected chi connectivity index (χ4v) is 2.45. The zero-order valence-corrected chi connectivity index (χ0v) is 12.0. The van der Waals surface area contributed by atoms with Crippen LogP contribution in [0.3, 0.4) is 0 Å². The van der Waals surface area contributed by atoms with Gasteiger partial charge in [-0.15, -0.1) is 10.2 Å². The van der Waals surface area contributed by atoms with Crippen LogP contribution in [0.2, 0.25) is 0 Å². The lowest BCUT2D eigenvalue weighted by molar-refractivity contribution is 0.646. The van der Waals surface area contributed by atoms with E-state index in [0.717, 1.165) is 31.6 Å². The molecule has 0 spiro atoms. The van der Waals surface area contributed by atoms with Gasteiger partial charge >= 0.3 is 0 Å². The molecule has 21 heavy (non-hydrogen) atoms. The van der Waals surface area contributed by atoms with Gasteiger partial charge in [0.05, 0.1) is 0 Å². The average Bonchev–Trinajstić information content (AvgIpc) is 3.00. The van der Waals surface area contributed by atoms with Crippen LogP contribution in [0.15, 0.2) is 67.0 Å². The Labute approximate surface area is 125 Å². The number of hydrogen-bond donors (Lipinski definition) is 0. The Bertz CT molecular complexity index is 601. The first-order valence-electron chi connectivity index (χ1n) is 7.36. The molecule has 0 bridgehead atoms. The smallest absolute Gasteiger partial charge is 0.133 e. The van der Waals surface area contributed by atoms with Crippen LogP contribution in [0.4, 0.5) is 0 Å². The van der Waals surface area contributed by atoms with Crippen LogP contribution >= 0.6 is 0 Å². The molecule has 0 aliphatic carbocycles. The highest BCUT2D eigenvalue weighted by atomic mass is 15.3. The van der Waals surface area contributed by atoms with Crippen molar-refractivity contribution in [1.82, 2.24) is 14.8 Å². The Morgan fingerprint density at radius 1 is 0.714 bits per heavy atom. The minimum atomic E-state index is 0.929. The van der Waals surface area contributed by atoms with Crippen LogP contribution in [0.25, 0.3) is 0 Å². The normalized spacial score (nSPS) is 10.7. The summed E-state index contributed by atoms with van der Waals surface area (Å²) < 4.78 is 2.16. The van der Waals surface area contributed by atoms with E-state index in [2.05, 4.69) is 63.3 Å². The molecule has 0 aliphatic heterocycles. The van der Waals surface area contributed by atoms with E-state index < -0.39 is 0 Å². The number of rotatable bonds is 6. The average molecular weight is 277 g/mol. The first-order chi connectivity index (χ1) is 10.4. The molecule has 3 rings (SSSR count). The number of benzene rings is 2. The lowest BCUT2D eigenvalue weighted by atomic mass is 10.1. The molecule has 1 heterocycles. The molecule has 2 aromatic carbocycles. The first kappa shape index (κ1) is 13.6. The molecule has 3 nitrogen and oxygen atoms in total. The molecule has 0 saturated carbocycles. The van der Waals surface area contributed by atoms with Crippen LogP contribution in [0.1, 0.15) is 17.0 Å². The third-order valence-electron chi connectivity index (χ3n) is 3.66. The minimum absolute atomic E-state index is 0.929. The van der Waals surface area contributed by atoms with Gasteiger partial charge < -0.3 is 4.57 Å². The topological polar surface area (TPSA) is 30.7 Å². The van der Waals surface area contributed by atoms with E-state index in [0.29, 0.717) is 0 Å². The van der Waals surface area contributed by atoms with Crippen molar-refractivity contribution in [1.29, 1.82) is 0 Å². The maximum atomic E-state index is 4.26. The molecule has 3 aromatic rings. The summed E-state index contributed by atoms with van der Waals surface area (Å²) >= 11 is 0. The van der Waals surface area contributed by atoms with E-state index in [4.69, 9.17) is 0 Å². The number of aromatic nitrogens is 3. The Morgan fingerprint density at radius 2 is 1.33 bits per heavy atom. The summed E-state index contributed by atoms with van der Waals surface area (Å²) in [4.78, 5) is 0. The summed E-state index contributed by atoms with van der Waals surface area (Å²) in [6.45, 7) is 0.932. The molecular formula is C18H19N3. The molecule has 0 atom stereocenters. The summed E-state index contributed by atoms with van der Waals surface area (Å²) in [5, 5.41) is 8.32. The van der Waals surface area contributed by atoms with Crippen molar-refractivity contribution in [3.05, 3.63) is 83.9 Å². The summed E-state index contributed by atoms with van der Waals surface area (Å²) in [6, 6.07) is 21.1. The van der Waals surface area contributed by atoms with E-state index >= 15 is 0 Å². The van der Waals surface area contributed by atoms with Crippen LogP contribution in [0, 0.1) is 0 Å². The second-order valence-corrected chi connectivity index (χ2v) is 5.16. The van der Waals surface area contributed by atoms with Gasteiger partial charge in [0, 0.05) is 13.0 Å². The van der Waals surface area contributed by atoms with Gasteiger partial charge in [0.25, 0.3) is 0 Å². The molecule has 0 unspecified atom stereocenters. The van der Waals surface area contributed by atoms with Crippen LogP contribution < -0.4 is 0 Å². The maximum absolute atomic E-state index is 4.26. The molecule has 106 valence electrons. The monoisotopic (exact) mass is 277 g/mol. The molecule has 0 saturated heterocycles. The summed E-state index contributed by atoms with van der Waals surface area (Å²) in [6.07, 6.45) is 4.78. The van der Waals surface area contributed by atoms with E-state index in [1.165, 1.54) is 11.1 Å². The Morgan fingerprint density at radius 3 is 2.00 bits per heavy atom. The van der Waals surface area contributed by atoms with E-state index in [1.807, 2.05) is 18.5 Å². The van der Waals surface area contributed by atoms with Crippen molar-refractivity contribution in [2.45, 2.75) is 25.8 Å². The highest BCUT2D eigenvalue weighted by Crippen LogP contribution is 2.07. The first-order valence-corrected chi connectivity index (χ1v) is 7.36. The molecule has 0 fully saturated rings. The molecule has 0 radical (unpaired) electrons. The van der Waals surface area contributed by atoms with Crippen molar-refractivity contribution in [3.63, 3.8) is 0 Å². The largest absolute Gasteiger partial charge is 0.317 e. The van der Waals surface area contributed by atoms with Crippen LogP contribution in [-0.2, 0) is 25.8 Å². The minimum Gasteiger partial charge on any atom is -0.317 e. The summed E-state index contributed by atoms with van der Waals surface area (Å²) in [5.41, 5.74) is 2.69. The highest BCUT2D eigenvalue weighted by molar-refractivity contribution is 5.16. The summed E-state index contributed by atoms with van der Waals surface area (Å²) in [5.74, 6) is 1.06. The van der Waals surface area contributed by atoms with E-state index in [1.54, 1.807) is 0 Å². The van der Waals surface area contributed by atoms with Gasteiger partial charge in [-0.1, -0.05) is 60.7 Å². The van der Waals surface area contributed by atoms with Crippen molar-refractivity contribution in [2.75, 3.05) is 0 Å². The Hall–Kier alpha value is -2.42. The maximum Gasteiger partial charge on any atom is 0.133 e. The van der Waals surface area contributed by atoms with Crippen LogP contribution in [-0.4, -0.2) is 14.8 Å². The third kappa shape index (κ3) is 3.78. The van der Waals surface area contributed by atoms with Crippen molar-refractivity contribution in [2.24, 2.45) is 0 Å². The molecule has 1 aromatic heterocycles. The third-order valence-corrected chi connectivity index (χ3v) is 3.66. The fraction of sp³-hybridized carbons (Fsp3) is 0.222. The number of aryl methyl sites for hydroxylation is 4. The predicted octanol–water partition coefficient (Wildman–Crippen LogP) is 3.31. The predicted molar refractivity (Wildman–Crippen MR) is 84.0 cm³/mol. The Kier molecular flexibility index (Phi) is 4.42. The summed E-state index contributed by atoms with van der Waals surface area (Å²) in [7, 11) is 0. The Balaban J connectivity index is 1.59. The van der Waals surface area contributed by atoms with Crippen LogP contribution in [0.5, 0.6) is 0 Å². The van der Waals surface area contributed by atoms with Gasteiger partial charge in [0.2, 0.25) is 0 Å². The van der Waals surface area contributed by atoms with Gasteiger partial charge in [-0.3, -0.25) is 0 Å². The van der Waals surface area contributed by atoms with Crippen molar-refractivity contribution >= 4 is 0 Å². The second kappa shape index (κ2) is 6.84. The van der Waals surface area contributed by atoms with Gasteiger partial charge in [-0.2, -0.15) is 0 Å². The van der Waals surface area contributed by atoms with Gasteiger partial charge in [0.1, 0.15) is 12.2 Å². The fourth-order valence-electron chi connectivity index (χ4n) is 2.45. The molecule has 0 aliphatic rings. The molecule has 0 amide bonds. The number of nitrogens with zero attached hydrogens (tertiary/aromatic N) is 3. The second-order valence-electron chi connectivity index (χ2n) is 5.16. The number of hydrogen-bond acceptors (Lipinski definition) is 2. The van der Waals surface area contributed by atoms with E-state index in [9.17, 15) is 0 Å². The van der Waals surface area contributed by atoms with Crippen molar-refractivity contribution in [3.8, 4) is 0 Å². The zero-order valence-electron chi connectivity index (χ0n) is 12.0. The van der Waals surface area contributed by atoms with Gasteiger partial charge in [-0.25, -0.2) is 0 Å². The molecular weight excluding hydrogens is 258 g/mol. The highest BCUT2D eigenvalue weighted by Gasteiger charge is 2.05. The quantitative estimate of drug-likeness (QED) is 0.692. The molecule has 3 heteroatoms. The zero-order chi connectivity index (χ0) is 14.3. The lowest BCUT2D eigenvalue weighted by Gasteiger charge is -2.07. The molecule has 0 N–H and O–H groups in total. The van der Waals surface area contributed by atoms with Gasteiger partial charge in [-0.05, 0) is 24.0 Å². The lowest BCUT2D eigenvalue weighted by Crippen LogP contribution is -2.06. The van der Waals surface area contributed by atoms with Gasteiger partial charge in [0.15, 0.2) is 0 Å². The standard InChI is InChI=1S/C18H19N3/c1-3-7-16(8-4-1)11-12-18-20-19-15-21(18)14-13-17-9-5-2-6-10-17/h1-10,15H,11-14H2. The van der Waals surface area contributed by atoms with Crippen molar-refractivity contribution < 1.29 is 0 Å². The SMILES string of the molecule is c1ccc(CCc2nncn2CCc2ccccc2)cc1.